The molecule has 2 rings (SSSR count). The third kappa shape index (κ3) is 3.09. The molecule has 0 amide bonds. The Morgan fingerprint density at radius 3 is 2.90 bits per heavy atom. The lowest BCUT2D eigenvalue weighted by Gasteiger charge is -2.17. The monoisotopic (exact) mass is 363 g/mol. The van der Waals surface area contributed by atoms with Crippen molar-refractivity contribution in [2.24, 2.45) is 5.28 Å². The molecule has 12 heteroatoms. The van der Waals surface area contributed by atoms with E-state index in [0.29, 0.717) is 0 Å². The summed E-state index contributed by atoms with van der Waals surface area (Å²) < 4.78 is 6.29. The number of ether oxygens (including phenoxy) is 1. The van der Waals surface area contributed by atoms with Gasteiger partial charge < -0.3 is 19.8 Å². The van der Waals surface area contributed by atoms with E-state index in [4.69, 9.17) is 10.3 Å². The molecule has 1 fully saturated rings. The number of azide groups is 1. The van der Waals surface area contributed by atoms with E-state index >= 15 is 0 Å². The Labute approximate surface area is 124 Å². The van der Waals surface area contributed by atoms with Crippen LogP contribution in [0.1, 0.15) is 6.23 Å². The van der Waals surface area contributed by atoms with Gasteiger partial charge in [0.25, 0.3) is 5.56 Å². The van der Waals surface area contributed by atoms with Gasteiger partial charge in [0.15, 0.2) is 6.23 Å². The van der Waals surface area contributed by atoms with Crippen molar-refractivity contribution < 1.29 is 19.8 Å². The van der Waals surface area contributed by atoms with Crippen LogP contribution in [0.5, 0.6) is 0 Å². The number of aliphatic hydroxyl groups is 2. The van der Waals surface area contributed by atoms with Crippen LogP contribution in [0.25, 0.3) is 10.4 Å². The first-order valence-electron chi connectivity index (χ1n) is 5.64. The smallest absolute Gasteiger partial charge is 0.330 e. The molecule has 0 aromatic carbocycles. The van der Waals surface area contributed by atoms with E-state index in [1.54, 1.807) is 0 Å². The van der Waals surface area contributed by atoms with Gasteiger partial charge in [-0.05, 0) is 21.5 Å². The number of aromatic amines is 1. The first kappa shape index (κ1) is 15.5. The maximum atomic E-state index is 11.7. The highest BCUT2D eigenvalue weighted by molar-refractivity contribution is 9.10. The van der Waals surface area contributed by atoms with Gasteiger partial charge in [-0.15, -0.1) is 0 Å². The summed E-state index contributed by atoms with van der Waals surface area (Å²) in [6.45, 7) is -0.307. The van der Waals surface area contributed by atoms with E-state index in [9.17, 15) is 19.8 Å². The van der Waals surface area contributed by atoms with Crippen LogP contribution in [-0.2, 0) is 9.57 Å². The molecule has 3 N–H and O–H groups in total. The second-order valence-corrected chi connectivity index (χ2v) is 5.01. The highest BCUT2D eigenvalue weighted by atomic mass is 79.9. The van der Waals surface area contributed by atoms with Gasteiger partial charge in [-0.2, -0.15) is 0 Å². The Bertz CT molecular complexity index is 682. The van der Waals surface area contributed by atoms with Gasteiger partial charge in [-0.25, -0.2) is 4.79 Å². The Kier molecular flexibility index (Phi) is 4.65. The first-order valence-corrected chi connectivity index (χ1v) is 6.44. The molecule has 21 heavy (non-hydrogen) atoms. The fraction of sp³-hybridized carbons (Fsp3) is 0.556. The average molecular weight is 364 g/mol. The van der Waals surface area contributed by atoms with Gasteiger partial charge >= 0.3 is 5.69 Å². The zero-order chi connectivity index (χ0) is 15.6. The molecule has 0 spiro atoms. The molecule has 114 valence electrons. The molecule has 1 aliphatic heterocycles. The number of aliphatic hydroxyl groups excluding tert-OH is 2. The summed E-state index contributed by atoms with van der Waals surface area (Å²) >= 11 is 2.95. The summed E-state index contributed by atoms with van der Waals surface area (Å²) in [4.78, 5) is 31.8. The molecule has 2 heterocycles. The Morgan fingerprint density at radius 2 is 2.24 bits per heavy atom. The van der Waals surface area contributed by atoms with Gasteiger partial charge in [-0.3, -0.25) is 14.3 Å². The lowest BCUT2D eigenvalue weighted by atomic mass is 10.1. The number of nitrogens with one attached hydrogen (secondary N) is 1. The van der Waals surface area contributed by atoms with Crippen LogP contribution >= 0.6 is 15.9 Å². The number of aromatic nitrogens is 2. The lowest BCUT2D eigenvalue weighted by Crippen LogP contribution is -2.38. The van der Waals surface area contributed by atoms with Crippen LogP contribution in [0.15, 0.2) is 25.5 Å². The minimum absolute atomic E-state index is 0.0566. The first-order chi connectivity index (χ1) is 9.95. The molecule has 0 radical (unpaired) electrons. The minimum atomic E-state index is -1.43. The number of H-pyrrole nitrogens is 1. The Morgan fingerprint density at radius 1 is 1.52 bits per heavy atom. The molecular formula is C9H10BrN5O6. The van der Waals surface area contributed by atoms with E-state index in [0.717, 1.165) is 10.8 Å². The second kappa shape index (κ2) is 6.28. The summed E-state index contributed by atoms with van der Waals surface area (Å²) in [6, 6.07) is 0. The number of halogens is 1. The van der Waals surface area contributed by atoms with Crippen molar-refractivity contribution in [3.63, 3.8) is 0 Å². The van der Waals surface area contributed by atoms with E-state index in [1.165, 1.54) is 0 Å². The largest absolute Gasteiger partial charge is 0.431 e. The van der Waals surface area contributed by atoms with E-state index in [2.05, 4.69) is 31.0 Å². The summed E-state index contributed by atoms with van der Waals surface area (Å²) in [6.07, 6.45) is -3.88. The molecule has 1 saturated heterocycles. The number of nitrogens with zero attached hydrogens (tertiary/aromatic N) is 4. The summed E-state index contributed by atoms with van der Waals surface area (Å²) in [7, 11) is 0. The van der Waals surface area contributed by atoms with Gasteiger partial charge in [0.2, 0.25) is 0 Å². The molecule has 2 unspecified atom stereocenters. The van der Waals surface area contributed by atoms with Crippen molar-refractivity contribution in [2.75, 3.05) is 6.61 Å². The van der Waals surface area contributed by atoms with Crippen LogP contribution < -0.4 is 11.2 Å². The average Bonchev–Trinajstić information content (AvgIpc) is 2.72. The molecule has 0 bridgehead atoms. The highest BCUT2D eigenvalue weighted by Crippen LogP contribution is 2.28. The zero-order valence-electron chi connectivity index (χ0n) is 10.3. The molecular weight excluding hydrogens is 354 g/mol. The maximum Gasteiger partial charge on any atom is 0.330 e. The van der Waals surface area contributed by atoms with Crippen LogP contribution in [-0.4, -0.2) is 44.7 Å². The predicted octanol–water partition coefficient (Wildman–Crippen LogP) is -0.840. The Hall–Kier alpha value is -1.85. The molecule has 11 nitrogen and oxygen atoms in total. The normalized spacial score (nSPS) is 28.1. The fourth-order valence-electron chi connectivity index (χ4n) is 1.88. The van der Waals surface area contributed by atoms with Gasteiger partial charge in [0.1, 0.15) is 30.2 Å². The standard InChI is InChI=1S/C9H10BrN5O6/c10-3-1-15(9(19)12-7(3)18)8-6(17)5(16)4(21-8)2-20-14-13-11/h1,4-6,8,16-17H,2H2,(H,12,18,19)/t4-,5?,6?,8-/m0/s1. The third-order valence-corrected chi connectivity index (χ3v) is 3.43. The van der Waals surface area contributed by atoms with E-state index < -0.39 is 35.8 Å². The number of hydrogen-bond acceptors (Lipinski definition) is 7. The van der Waals surface area contributed by atoms with Crippen molar-refractivity contribution in [3.8, 4) is 0 Å². The minimum Gasteiger partial charge on any atom is -0.431 e. The molecule has 0 aliphatic carbocycles. The van der Waals surface area contributed by atoms with Crippen molar-refractivity contribution in [3.05, 3.63) is 42.0 Å². The lowest BCUT2D eigenvalue weighted by molar-refractivity contribution is -0.0687. The molecule has 1 aromatic heterocycles. The summed E-state index contributed by atoms with van der Waals surface area (Å²) in [5.74, 6) is 0. The van der Waals surface area contributed by atoms with Crippen molar-refractivity contribution in [1.82, 2.24) is 9.55 Å². The van der Waals surface area contributed by atoms with Crippen molar-refractivity contribution >= 4 is 15.9 Å². The van der Waals surface area contributed by atoms with E-state index in [-0.39, 0.29) is 11.1 Å². The van der Waals surface area contributed by atoms with Crippen molar-refractivity contribution in [1.29, 1.82) is 0 Å². The SMILES string of the molecule is [N-]=[N+]=NOC[C@@H]1O[C@H](n2cc(Br)c(=O)[nH]c2=O)C(O)C1O. The maximum absolute atomic E-state index is 11.7. The molecule has 4 atom stereocenters. The van der Waals surface area contributed by atoms with Crippen LogP contribution in [0.4, 0.5) is 0 Å². The predicted molar refractivity (Wildman–Crippen MR) is 70.0 cm³/mol. The molecule has 1 aliphatic rings. The summed E-state index contributed by atoms with van der Waals surface area (Å²) in [5.41, 5.74) is 6.64. The van der Waals surface area contributed by atoms with Gasteiger partial charge in [-0.1, -0.05) is 0 Å². The van der Waals surface area contributed by atoms with E-state index in [1.807, 2.05) is 4.98 Å². The van der Waals surface area contributed by atoms with Gasteiger partial charge in [0.05, 0.1) is 4.47 Å². The van der Waals surface area contributed by atoms with Crippen LogP contribution in [0.3, 0.4) is 0 Å². The number of hydrogen-bond donors (Lipinski definition) is 3. The van der Waals surface area contributed by atoms with Crippen molar-refractivity contribution in [2.45, 2.75) is 24.5 Å². The third-order valence-electron chi connectivity index (χ3n) is 2.87. The fourth-order valence-corrected chi connectivity index (χ4v) is 2.20. The highest BCUT2D eigenvalue weighted by Gasteiger charge is 2.44. The van der Waals surface area contributed by atoms with Crippen LogP contribution in [0.2, 0.25) is 0 Å². The van der Waals surface area contributed by atoms with Crippen LogP contribution in [0, 0.1) is 0 Å². The molecule has 0 saturated carbocycles. The zero-order valence-corrected chi connectivity index (χ0v) is 11.9. The molecule has 1 aromatic rings. The second-order valence-electron chi connectivity index (χ2n) is 4.16. The topological polar surface area (TPSA) is 163 Å². The number of rotatable bonds is 4. The Balaban J connectivity index is 2.25. The van der Waals surface area contributed by atoms with Gasteiger partial charge in [0, 0.05) is 11.1 Å². The quantitative estimate of drug-likeness (QED) is 0.273. The summed E-state index contributed by atoms with van der Waals surface area (Å²) in [5, 5.41) is 22.6.